The summed E-state index contributed by atoms with van der Waals surface area (Å²) in [6.45, 7) is 4.24. The fraction of sp³-hybridized carbons (Fsp3) is 0.533. The van der Waals surface area contributed by atoms with Crippen molar-refractivity contribution < 1.29 is 4.79 Å². The molecule has 0 heterocycles. The molecule has 3 N–H and O–H groups in total. The second-order valence-corrected chi connectivity index (χ2v) is 5.75. The summed E-state index contributed by atoms with van der Waals surface area (Å²) in [7, 11) is 0. The number of nitrogens with one attached hydrogen (secondary N) is 1. The van der Waals surface area contributed by atoms with Crippen LogP contribution < -0.4 is 11.1 Å². The van der Waals surface area contributed by atoms with Crippen LogP contribution in [0.3, 0.4) is 0 Å². The normalized spacial score (nSPS) is 12.2. The van der Waals surface area contributed by atoms with Crippen molar-refractivity contribution in [3.8, 4) is 0 Å². The summed E-state index contributed by atoms with van der Waals surface area (Å²) in [5.74, 6) is -0.209. The molecule has 3 nitrogen and oxygen atoms in total. The number of nitrogen functional groups attached to an aromatic ring is 1. The van der Waals surface area contributed by atoms with Gasteiger partial charge in [0, 0.05) is 11.7 Å². The fourth-order valence-electron chi connectivity index (χ4n) is 2.13. The number of benzene rings is 1. The van der Waals surface area contributed by atoms with E-state index < -0.39 is 0 Å². The standard InChI is InChI=1S/C15H22Cl2N2O/c1-3-5-7-11(6-4-2)19-15(20)12-8-10(18)9-13(16)14(12)17/h8-9,11H,3-7,18H2,1-2H3,(H,19,20). The Morgan fingerprint density at radius 3 is 2.55 bits per heavy atom. The average molecular weight is 317 g/mol. The maximum Gasteiger partial charge on any atom is 0.253 e. The first-order valence-electron chi connectivity index (χ1n) is 7.04. The molecule has 5 heteroatoms. The van der Waals surface area contributed by atoms with Crippen molar-refractivity contribution in [2.75, 3.05) is 5.73 Å². The van der Waals surface area contributed by atoms with Crippen LogP contribution in [-0.2, 0) is 0 Å². The molecule has 0 saturated carbocycles. The SMILES string of the molecule is CCCCC(CCC)NC(=O)c1cc(N)cc(Cl)c1Cl. The third-order valence-electron chi connectivity index (χ3n) is 3.17. The molecule has 0 radical (unpaired) electrons. The van der Waals surface area contributed by atoms with Gasteiger partial charge in [-0.3, -0.25) is 4.79 Å². The van der Waals surface area contributed by atoms with E-state index in [1.54, 1.807) is 12.1 Å². The third-order valence-corrected chi connectivity index (χ3v) is 3.98. The number of carbonyl (C=O) groups is 1. The first-order valence-corrected chi connectivity index (χ1v) is 7.80. The summed E-state index contributed by atoms with van der Waals surface area (Å²) in [5, 5.41) is 3.58. The average Bonchev–Trinajstić information content (AvgIpc) is 2.40. The first-order chi connectivity index (χ1) is 9.49. The highest BCUT2D eigenvalue weighted by Gasteiger charge is 2.17. The topological polar surface area (TPSA) is 55.1 Å². The molecular weight excluding hydrogens is 295 g/mol. The van der Waals surface area contributed by atoms with Crippen molar-refractivity contribution in [3.05, 3.63) is 27.7 Å². The van der Waals surface area contributed by atoms with E-state index in [1.807, 2.05) is 0 Å². The number of hydrogen-bond acceptors (Lipinski definition) is 2. The Hall–Kier alpha value is -0.930. The Kier molecular flexibility index (Phi) is 7.17. The summed E-state index contributed by atoms with van der Waals surface area (Å²) in [6.07, 6.45) is 5.17. The van der Waals surface area contributed by atoms with Gasteiger partial charge in [0.05, 0.1) is 15.6 Å². The second kappa shape index (κ2) is 8.38. The number of nitrogens with two attached hydrogens (primary N) is 1. The van der Waals surface area contributed by atoms with Gasteiger partial charge in [0.2, 0.25) is 0 Å². The number of carbonyl (C=O) groups excluding carboxylic acids is 1. The number of halogens is 2. The van der Waals surface area contributed by atoms with Crippen molar-refractivity contribution in [2.24, 2.45) is 0 Å². The molecule has 0 aliphatic rings. The maximum absolute atomic E-state index is 12.3. The number of unbranched alkanes of at least 4 members (excludes halogenated alkanes) is 1. The predicted molar refractivity (Wildman–Crippen MR) is 86.6 cm³/mol. The number of hydrogen-bond donors (Lipinski definition) is 2. The smallest absolute Gasteiger partial charge is 0.253 e. The first kappa shape index (κ1) is 17.1. The lowest BCUT2D eigenvalue weighted by Gasteiger charge is -2.18. The lowest BCUT2D eigenvalue weighted by molar-refractivity contribution is 0.0932. The Bertz CT molecular complexity index is 463. The van der Waals surface area contributed by atoms with Crippen molar-refractivity contribution >= 4 is 34.8 Å². The monoisotopic (exact) mass is 316 g/mol. The fourth-order valence-corrected chi connectivity index (χ4v) is 2.55. The van der Waals surface area contributed by atoms with Gasteiger partial charge in [-0.15, -0.1) is 0 Å². The van der Waals surface area contributed by atoms with Crippen molar-refractivity contribution in [1.29, 1.82) is 0 Å². The molecule has 0 saturated heterocycles. The molecule has 0 aromatic heterocycles. The van der Waals surface area contributed by atoms with Gasteiger partial charge in [-0.05, 0) is 25.0 Å². The van der Waals surface area contributed by atoms with Crippen LogP contribution in [0.2, 0.25) is 10.0 Å². The number of anilines is 1. The van der Waals surface area contributed by atoms with Gasteiger partial charge >= 0.3 is 0 Å². The van der Waals surface area contributed by atoms with Crippen LogP contribution in [0.4, 0.5) is 5.69 Å². The molecule has 1 aromatic carbocycles. The van der Waals surface area contributed by atoms with Gasteiger partial charge < -0.3 is 11.1 Å². The third kappa shape index (κ3) is 4.88. The van der Waals surface area contributed by atoms with Gasteiger partial charge in [0.15, 0.2) is 0 Å². The molecule has 1 atom stereocenters. The van der Waals surface area contributed by atoms with Crippen LogP contribution in [0.25, 0.3) is 0 Å². The predicted octanol–water partition coefficient (Wildman–Crippen LogP) is 4.66. The Morgan fingerprint density at radius 1 is 1.25 bits per heavy atom. The zero-order valence-corrected chi connectivity index (χ0v) is 13.5. The van der Waals surface area contributed by atoms with E-state index in [2.05, 4.69) is 19.2 Å². The molecule has 1 aromatic rings. The second-order valence-electron chi connectivity index (χ2n) is 4.97. The Balaban J connectivity index is 2.83. The zero-order chi connectivity index (χ0) is 15.1. The summed E-state index contributed by atoms with van der Waals surface area (Å²) < 4.78 is 0. The molecule has 0 aliphatic heterocycles. The molecule has 1 unspecified atom stereocenters. The summed E-state index contributed by atoms with van der Waals surface area (Å²) in [4.78, 5) is 12.3. The summed E-state index contributed by atoms with van der Waals surface area (Å²) in [6, 6.07) is 3.27. The minimum absolute atomic E-state index is 0.170. The van der Waals surface area contributed by atoms with Crippen LogP contribution in [0.5, 0.6) is 0 Å². The molecule has 1 rings (SSSR count). The minimum atomic E-state index is -0.209. The Labute approximate surface area is 130 Å². The van der Waals surface area contributed by atoms with E-state index >= 15 is 0 Å². The van der Waals surface area contributed by atoms with E-state index in [-0.39, 0.29) is 17.0 Å². The van der Waals surface area contributed by atoms with E-state index in [1.165, 1.54) is 0 Å². The van der Waals surface area contributed by atoms with E-state index in [4.69, 9.17) is 28.9 Å². The minimum Gasteiger partial charge on any atom is -0.399 e. The molecular formula is C15H22Cl2N2O. The van der Waals surface area contributed by atoms with Crippen LogP contribution >= 0.6 is 23.2 Å². The molecule has 0 spiro atoms. The molecule has 112 valence electrons. The van der Waals surface area contributed by atoms with Gasteiger partial charge in [-0.25, -0.2) is 0 Å². The van der Waals surface area contributed by atoms with Gasteiger partial charge in [0.1, 0.15) is 0 Å². The molecule has 20 heavy (non-hydrogen) atoms. The molecule has 0 fully saturated rings. The van der Waals surface area contributed by atoms with E-state index in [0.717, 1.165) is 32.1 Å². The van der Waals surface area contributed by atoms with Crippen LogP contribution in [0, 0.1) is 0 Å². The lowest BCUT2D eigenvalue weighted by Crippen LogP contribution is -2.35. The maximum atomic E-state index is 12.3. The zero-order valence-electron chi connectivity index (χ0n) is 12.0. The van der Waals surface area contributed by atoms with Crippen LogP contribution in [0.1, 0.15) is 56.3 Å². The summed E-state index contributed by atoms with van der Waals surface area (Å²) in [5.41, 5.74) is 6.49. The van der Waals surface area contributed by atoms with Crippen LogP contribution in [0.15, 0.2) is 12.1 Å². The summed E-state index contributed by atoms with van der Waals surface area (Å²) >= 11 is 12.0. The van der Waals surface area contributed by atoms with E-state index in [0.29, 0.717) is 16.3 Å². The number of amides is 1. The molecule has 0 bridgehead atoms. The highest BCUT2D eigenvalue weighted by atomic mass is 35.5. The van der Waals surface area contributed by atoms with Crippen molar-refractivity contribution in [1.82, 2.24) is 5.32 Å². The molecule has 0 aliphatic carbocycles. The van der Waals surface area contributed by atoms with Gasteiger partial charge in [0.25, 0.3) is 5.91 Å². The largest absolute Gasteiger partial charge is 0.399 e. The van der Waals surface area contributed by atoms with Gasteiger partial charge in [-0.2, -0.15) is 0 Å². The van der Waals surface area contributed by atoms with Crippen molar-refractivity contribution in [2.45, 2.75) is 52.0 Å². The molecule has 1 amide bonds. The lowest BCUT2D eigenvalue weighted by atomic mass is 10.0. The van der Waals surface area contributed by atoms with Crippen LogP contribution in [-0.4, -0.2) is 11.9 Å². The Morgan fingerprint density at radius 2 is 1.95 bits per heavy atom. The highest BCUT2D eigenvalue weighted by molar-refractivity contribution is 6.44. The quantitative estimate of drug-likeness (QED) is 0.718. The number of rotatable bonds is 7. The van der Waals surface area contributed by atoms with Crippen molar-refractivity contribution in [3.63, 3.8) is 0 Å². The van der Waals surface area contributed by atoms with E-state index in [9.17, 15) is 4.79 Å². The highest BCUT2D eigenvalue weighted by Crippen LogP contribution is 2.28. The van der Waals surface area contributed by atoms with Gasteiger partial charge in [-0.1, -0.05) is 56.3 Å².